The Morgan fingerprint density at radius 2 is 1.25 bits per heavy atom. The third kappa shape index (κ3) is 10.7. The molecule has 276 valence electrons. The van der Waals surface area contributed by atoms with Crippen molar-refractivity contribution in [1.29, 1.82) is 0 Å². The Bertz CT molecular complexity index is 1690. The summed E-state index contributed by atoms with van der Waals surface area (Å²) >= 11 is 1.29. The fourth-order valence-electron chi connectivity index (χ4n) is 5.37. The van der Waals surface area contributed by atoms with Crippen molar-refractivity contribution in [3.05, 3.63) is 75.8 Å². The number of rotatable bonds is 12. The second-order valence-corrected chi connectivity index (χ2v) is 15.5. The molecular formula is C36H49N7O7S. The molecule has 4 N–H and O–H groups in total. The number of thiazole rings is 1. The van der Waals surface area contributed by atoms with Crippen molar-refractivity contribution in [2.24, 2.45) is 0 Å². The number of nitrogens with zero attached hydrogens (tertiary/aromatic N) is 5. The van der Waals surface area contributed by atoms with Crippen LogP contribution in [0, 0.1) is 0 Å². The van der Waals surface area contributed by atoms with Gasteiger partial charge in [-0.3, -0.25) is 24.2 Å². The average Bonchev–Trinajstić information content (AvgIpc) is 3.37. The molecule has 1 aromatic heterocycles. The zero-order chi connectivity index (χ0) is 38.4. The molecule has 0 radical (unpaired) electrons. The molecule has 2 aromatic carbocycles. The molecule has 3 aromatic rings. The third-order valence-corrected chi connectivity index (χ3v) is 8.82. The number of aromatic nitrogens is 1. The number of hydrogen-bond donors (Lipinski definition) is 4. The lowest BCUT2D eigenvalue weighted by atomic mass is 10.0. The Labute approximate surface area is 303 Å². The maximum Gasteiger partial charge on any atom is 0.410 e. The lowest BCUT2D eigenvalue weighted by molar-refractivity contribution is -0.114. The van der Waals surface area contributed by atoms with Crippen LogP contribution in [0.5, 0.6) is 0 Å². The van der Waals surface area contributed by atoms with Crippen molar-refractivity contribution in [3.63, 3.8) is 0 Å². The minimum absolute atomic E-state index is 0.159. The molecule has 51 heavy (non-hydrogen) atoms. The lowest BCUT2D eigenvalue weighted by Crippen LogP contribution is -2.66. The van der Waals surface area contributed by atoms with Gasteiger partial charge in [-0.25, -0.2) is 14.6 Å². The summed E-state index contributed by atoms with van der Waals surface area (Å²) < 4.78 is 0. The highest BCUT2D eigenvalue weighted by Gasteiger charge is 2.43. The molecule has 0 saturated carbocycles. The minimum atomic E-state index is -1.27. The zero-order valence-electron chi connectivity index (χ0n) is 30.9. The zero-order valence-corrected chi connectivity index (χ0v) is 31.7. The molecule has 0 fully saturated rings. The summed E-state index contributed by atoms with van der Waals surface area (Å²) in [5.41, 5.74) is 1.23. The molecule has 0 aliphatic rings. The predicted molar refractivity (Wildman–Crippen MR) is 197 cm³/mol. The summed E-state index contributed by atoms with van der Waals surface area (Å²) in [4.78, 5) is 72.8. The van der Waals surface area contributed by atoms with E-state index < -0.39 is 29.6 Å². The van der Waals surface area contributed by atoms with Crippen LogP contribution in [0.1, 0.15) is 85.3 Å². The van der Waals surface area contributed by atoms with Crippen molar-refractivity contribution >= 4 is 52.1 Å². The Kier molecular flexibility index (Phi) is 12.8. The van der Waals surface area contributed by atoms with Crippen molar-refractivity contribution in [3.8, 4) is 0 Å². The van der Waals surface area contributed by atoms with Crippen LogP contribution in [0.3, 0.4) is 0 Å². The van der Waals surface area contributed by atoms with E-state index in [1.165, 1.54) is 23.2 Å². The first-order valence-corrected chi connectivity index (χ1v) is 17.1. The van der Waals surface area contributed by atoms with Gasteiger partial charge in [0.15, 0.2) is 11.4 Å². The minimum Gasteiger partial charge on any atom is -0.465 e. The number of carbonyl (C=O) groups is 5. The van der Waals surface area contributed by atoms with Gasteiger partial charge in [0.2, 0.25) is 5.91 Å². The lowest BCUT2D eigenvalue weighted by Gasteiger charge is -2.48. The van der Waals surface area contributed by atoms with Gasteiger partial charge >= 0.3 is 12.2 Å². The Morgan fingerprint density at radius 1 is 0.765 bits per heavy atom. The SMILES string of the molecule is CC(=O)Nc1nc(CCc2ccc(NC(N(C(=O)O)C(C)(C)C)N(C(=O)O)C(C)(C)C)cc2)c(CN(C)C(=O)c2ccc(C(=O)N(C)C)cc2)s1. The fourth-order valence-corrected chi connectivity index (χ4v) is 6.48. The van der Waals surface area contributed by atoms with Gasteiger partial charge in [-0.1, -0.05) is 23.5 Å². The van der Waals surface area contributed by atoms with Crippen LogP contribution in [-0.2, 0) is 24.2 Å². The molecule has 3 rings (SSSR count). The van der Waals surface area contributed by atoms with Crippen LogP contribution >= 0.6 is 11.3 Å². The highest BCUT2D eigenvalue weighted by Crippen LogP contribution is 2.29. The maximum absolute atomic E-state index is 13.3. The molecule has 0 spiro atoms. The van der Waals surface area contributed by atoms with Gasteiger partial charge in [0.1, 0.15) is 0 Å². The van der Waals surface area contributed by atoms with Crippen LogP contribution in [0.15, 0.2) is 48.5 Å². The van der Waals surface area contributed by atoms with Crippen LogP contribution in [0.25, 0.3) is 0 Å². The number of carbonyl (C=O) groups excluding carboxylic acids is 3. The fraction of sp³-hybridized carbons (Fsp3) is 0.444. The van der Waals surface area contributed by atoms with E-state index in [-0.39, 0.29) is 24.3 Å². The van der Waals surface area contributed by atoms with Crippen molar-refractivity contribution < 1.29 is 34.2 Å². The van der Waals surface area contributed by atoms with Gasteiger partial charge in [-0.05, 0) is 96.3 Å². The van der Waals surface area contributed by atoms with E-state index in [4.69, 9.17) is 0 Å². The number of benzene rings is 2. The summed E-state index contributed by atoms with van der Waals surface area (Å²) in [5.74, 6) is -0.657. The van der Waals surface area contributed by atoms with Gasteiger partial charge in [-0.2, -0.15) is 0 Å². The number of aryl methyl sites for hydroxylation is 2. The van der Waals surface area contributed by atoms with E-state index in [1.807, 2.05) is 12.1 Å². The normalized spacial score (nSPS) is 11.5. The molecule has 0 saturated heterocycles. The molecule has 14 nitrogen and oxygen atoms in total. The molecule has 15 heteroatoms. The van der Waals surface area contributed by atoms with E-state index in [2.05, 4.69) is 15.6 Å². The van der Waals surface area contributed by atoms with E-state index >= 15 is 0 Å². The summed E-state index contributed by atoms with van der Waals surface area (Å²) in [5, 5.41) is 26.6. The van der Waals surface area contributed by atoms with E-state index in [9.17, 15) is 34.2 Å². The number of carboxylic acid groups (broad SMARTS) is 2. The van der Waals surface area contributed by atoms with Gasteiger partial charge in [-0.15, -0.1) is 0 Å². The number of amides is 5. The van der Waals surface area contributed by atoms with Crippen LogP contribution < -0.4 is 10.6 Å². The molecular weight excluding hydrogens is 675 g/mol. The second kappa shape index (κ2) is 16.2. The molecule has 0 aliphatic heterocycles. The second-order valence-electron chi connectivity index (χ2n) is 14.4. The van der Waals surface area contributed by atoms with Gasteiger partial charge in [0.25, 0.3) is 11.8 Å². The van der Waals surface area contributed by atoms with Gasteiger partial charge in [0, 0.05) is 60.8 Å². The number of nitrogens with one attached hydrogen (secondary N) is 2. The first-order chi connectivity index (χ1) is 23.6. The standard InChI is InChI=1S/C36H49N7O7S/c1-22(44)37-31-39-27(28(51-31)21-41(10)30(46)25-16-14-24(15-17-25)29(45)40(8)9)20-13-23-11-18-26(19-12-23)38-32(42(33(47)48)35(2,3)4)43(34(49)50)36(5,6)7/h11-12,14-19,32,38H,13,20-21H2,1-10H3,(H,47,48)(H,49,50)(H,37,39,44). The first kappa shape index (κ1) is 40.3. The topological polar surface area (TPSA) is 176 Å². The van der Waals surface area contributed by atoms with Crippen molar-refractivity contribution in [2.75, 3.05) is 31.8 Å². The Hall–Kier alpha value is -5.18. The van der Waals surface area contributed by atoms with Gasteiger partial charge in [0.05, 0.1) is 12.2 Å². The van der Waals surface area contributed by atoms with Crippen molar-refractivity contribution in [2.45, 2.75) is 85.2 Å². The number of anilines is 2. The van der Waals surface area contributed by atoms with Crippen molar-refractivity contribution in [1.82, 2.24) is 24.6 Å². The summed E-state index contributed by atoms with van der Waals surface area (Å²) in [6.45, 7) is 11.8. The Balaban J connectivity index is 1.81. The third-order valence-electron chi connectivity index (χ3n) is 7.82. The number of hydrogen-bond acceptors (Lipinski definition) is 8. The highest BCUT2D eigenvalue weighted by molar-refractivity contribution is 7.15. The summed E-state index contributed by atoms with van der Waals surface area (Å²) in [7, 11) is 5.00. The van der Waals surface area contributed by atoms with Crippen LogP contribution in [-0.4, -0.2) is 103 Å². The van der Waals surface area contributed by atoms with E-state index in [1.54, 1.807) is 104 Å². The van der Waals surface area contributed by atoms with Crippen LogP contribution in [0.4, 0.5) is 20.4 Å². The van der Waals surface area contributed by atoms with Crippen LogP contribution in [0.2, 0.25) is 0 Å². The summed E-state index contributed by atoms with van der Waals surface area (Å²) in [6.07, 6.45) is -2.71. The van der Waals surface area contributed by atoms with E-state index in [0.29, 0.717) is 34.8 Å². The molecule has 0 atom stereocenters. The Morgan fingerprint density at radius 3 is 1.69 bits per heavy atom. The van der Waals surface area contributed by atoms with Gasteiger partial charge < -0.3 is 30.6 Å². The smallest absolute Gasteiger partial charge is 0.410 e. The molecule has 1 heterocycles. The quantitative estimate of drug-likeness (QED) is 0.161. The molecule has 0 bridgehead atoms. The monoisotopic (exact) mass is 723 g/mol. The maximum atomic E-state index is 13.3. The molecule has 0 unspecified atom stereocenters. The summed E-state index contributed by atoms with van der Waals surface area (Å²) in [6, 6.07) is 13.8. The largest absolute Gasteiger partial charge is 0.465 e. The average molecular weight is 724 g/mol. The predicted octanol–water partition coefficient (Wildman–Crippen LogP) is 6.11. The molecule has 0 aliphatic carbocycles. The molecule has 5 amide bonds. The van der Waals surface area contributed by atoms with E-state index in [0.717, 1.165) is 25.9 Å². The first-order valence-electron chi connectivity index (χ1n) is 16.3. The highest BCUT2D eigenvalue weighted by atomic mass is 32.1.